The molecule has 1 aromatic carbocycles. The largest absolute Gasteiger partial charge is 0.388 e. The normalized spacial score (nSPS) is 23.9. The molecule has 3 nitrogen and oxygen atoms in total. The van der Waals surface area contributed by atoms with Crippen LogP contribution in [0.15, 0.2) is 24.3 Å². The van der Waals surface area contributed by atoms with Crippen molar-refractivity contribution in [3.63, 3.8) is 0 Å². The van der Waals surface area contributed by atoms with Crippen LogP contribution in [-0.2, 0) is 6.54 Å². The average Bonchev–Trinajstić information content (AvgIpc) is 2.34. The summed E-state index contributed by atoms with van der Waals surface area (Å²) < 4.78 is 0. The standard InChI is InChI=1S/C17H28N2O/c1-16(2,3)18-12-14-8-5-6-9-15(14)19-11-7-10-17(4,20)13-19/h5-6,8-9,18,20H,7,10-13H2,1-4H3. The molecule has 0 aromatic heterocycles. The van der Waals surface area contributed by atoms with E-state index in [1.54, 1.807) is 0 Å². The molecule has 112 valence electrons. The first-order chi connectivity index (χ1) is 9.27. The molecular weight excluding hydrogens is 248 g/mol. The smallest absolute Gasteiger partial charge is 0.0794 e. The van der Waals surface area contributed by atoms with Crippen molar-refractivity contribution >= 4 is 5.69 Å². The lowest BCUT2D eigenvalue weighted by Gasteiger charge is -2.39. The number of hydrogen-bond donors (Lipinski definition) is 2. The molecule has 1 heterocycles. The fourth-order valence-corrected chi connectivity index (χ4v) is 2.75. The van der Waals surface area contributed by atoms with Crippen LogP contribution in [-0.4, -0.2) is 29.3 Å². The fourth-order valence-electron chi connectivity index (χ4n) is 2.75. The van der Waals surface area contributed by atoms with Crippen molar-refractivity contribution in [2.45, 2.75) is 58.2 Å². The number of benzene rings is 1. The van der Waals surface area contributed by atoms with Crippen LogP contribution in [0.25, 0.3) is 0 Å². The lowest BCUT2D eigenvalue weighted by molar-refractivity contribution is 0.0449. The summed E-state index contributed by atoms with van der Waals surface area (Å²) in [5.41, 5.74) is 2.10. The van der Waals surface area contributed by atoms with Crippen molar-refractivity contribution in [2.75, 3.05) is 18.0 Å². The van der Waals surface area contributed by atoms with Crippen LogP contribution in [0, 0.1) is 0 Å². The molecule has 1 aliphatic rings. The molecule has 1 unspecified atom stereocenters. The number of β-amino-alcohol motifs (C(OH)–C–C–N with tert-alkyl or cyclic N) is 1. The van der Waals surface area contributed by atoms with Crippen LogP contribution in [0.3, 0.4) is 0 Å². The van der Waals surface area contributed by atoms with Gasteiger partial charge in [0.25, 0.3) is 0 Å². The maximum Gasteiger partial charge on any atom is 0.0794 e. The highest BCUT2D eigenvalue weighted by Crippen LogP contribution is 2.28. The van der Waals surface area contributed by atoms with Gasteiger partial charge < -0.3 is 15.3 Å². The first-order valence-electron chi connectivity index (χ1n) is 7.57. The van der Waals surface area contributed by atoms with Gasteiger partial charge in [-0.25, -0.2) is 0 Å². The average molecular weight is 276 g/mol. The summed E-state index contributed by atoms with van der Waals surface area (Å²) in [6.07, 6.45) is 1.94. The fraction of sp³-hybridized carbons (Fsp3) is 0.647. The van der Waals surface area contributed by atoms with Crippen LogP contribution < -0.4 is 10.2 Å². The number of hydrogen-bond acceptors (Lipinski definition) is 3. The van der Waals surface area contributed by atoms with Gasteiger partial charge in [0.1, 0.15) is 0 Å². The molecule has 1 saturated heterocycles. The Hall–Kier alpha value is -1.06. The molecule has 0 amide bonds. The summed E-state index contributed by atoms with van der Waals surface area (Å²) in [6, 6.07) is 8.52. The van der Waals surface area contributed by atoms with Crippen molar-refractivity contribution in [3.05, 3.63) is 29.8 Å². The number of rotatable bonds is 3. The zero-order chi connectivity index (χ0) is 14.8. The van der Waals surface area contributed by atoms with Gasteiger partial charge in [-0.3, -0.25) is 0 Å². The van der Waals surface area contributed by atoms with Crippen molar-refractivity contribution < 1.29 is 5.11 Å². The third-order valence-corrected chi connectivity index (χ3v) is 3.82. The third-order valence-electron chi connectivity index (χ3n) is 3.82. The van der Waals surface area contributed by atoms with Crippen LogP contribution in [0.5, 0.6) is 0 Å². The van der Waals surface area contributed by atoms with Crippen LogP contribution in [0.1, 0.15) is 46.1 Å². The Morgan fingerprint density at radius 1 is 1.30 bits per heavy atom. The van der Waals surface area contributed by atoms with E-state index >= 15 is 0 Å². The summed E-state index contributed by atoms with van der Waals surface area (Å²) in [5.74, 6) is 0. The minimum absolute atomic E-state index is 0.112. The number of aliphatic hydroxyl groups is 1. The summed E-state index contributed by atoms with van der Waals surface area (Å²) in [7, 11) is 0. The number of anilines is 1. The predicted molar refractivity (Wildman–Crippen MR) is 85.1 cm³/mol. The zero-order valence-corrected chi connectivity index (χ0v) is 13.2. The van der Waals surface area contributed by atoms with E-state index in [0.29, 0.717) is 0 Å². The van der Waals surface area contributed by atoms with Gasteiger partial charge in [-0.05, 0) is 52.2 Å². The predicted octanol–water partition coefficient (Wildman–Crippen LogP) is 2.93. The highest BCUT2D eigenvalue weighted by molar-refractivity contribution is 5.54. The van der Waals surface area contributed by atoms with Gasteiger partial charge in [0.2, 0.25) is 0 Å². The SMILES string of the molecule is CC1(O)CCCN(c2ccccc2CNC(C)(C)C)C1. The van der Waals surface area contributed by atoms with Crippen molar-refractivity contribution in [3.8, 4) is 0 Å². The molecule has 0 spiro atoms. The van der Waals surface area contributed by atoms with Crippen molar-refractivity contribution in [2.24, 2.45) is 0 Å². The van der Waals surface area contributed by atoms with E-state index in [9.17, 15) is 5.11 Å². The maximum absolute atomic E-state index is 10.3. The molecule has 2 N–H and O–H groups in total. The van der Waals surface area contributed by atoms with E-state index < -0.39 is 5.60 Å². The Bertz CT molecular complexity index is 449. The quantitative estimate of drug-likeness (QED) is 0.891. The van der Waals surface area contributed by atoms with Gasteiger partial charge in [0.05, 0.1) is 5.60 Å². The van der Waals surface area contributed by atoms with Crippen LogP contribution in [0.2, 0.25) is 0 Å². The van der Waals surface area contributed by atoms with Crippen LogP contribution in [0.4, 0.5) is 5.69 Å². The molecule has 0 aliphatic carbocycles. The van der Waals surface area contributed by atoms with E-state index in [1.165, 1.54) is 11.3 Å². The second kappa shape index (κ2) is 5.74. The Morgan fingerprint density at radius 3 is 2.65 bits per heavy atom. The molecule has 0 radical (unpaired) electrons. The molecule has 1 aromatic rings. The molecule has 20 heavy (non-hydrogen) atoms. The number of nitrogens with zero attached hydrogens (tertiary/aromatic N) is 1. The Kier molecular flexibility index (Phi) is 4.40. The summed E-state index contributed by atoms with van der Waals surface area (Å²) in [6.45, 7) is 11.1. The van der Waals surface area contributed by atoms with Gasteiger partial charge in [-0.1, -0.05) is 18.2 Å². The number of para-hydroxylation sites is 1. The summed E-state index contributed by atoms with van der Waals surface area (Å²) in [4.78, 5) is 2.32. The van der Waals surface area contributed by atoms with E-state index in [2.05, 4.69) is 55.3 Å². The van der Waals surface area contributed by atoms with Gasteiger partial charge in [-0.2, -0.15) is 0 Å². The summed E-state index contributed by atoms with van der Waals surface area (Å²) >= 11 is 0. The van der Waals surface area contributed by atoms with E-state index in [-0.39, 0.29) is 5.54 Å². The van der Waals surface area contributed by atoms with Gasteiger partial charge in [-0.15, -0.1) is 0 Å². The summed E-state index contributed by atoms with van der Waals surface area (Å²) in [5, 5.41) is 13.8. The second-order valence-corrected chi connectivity index (χ2v) is 7.25. The van der Waals surface area contributed by atoms with Crippen LogP contribution >= 0.6 is 0 Å². The second-order valence-electron chi connectivity index (χ2n) is 7.25. The minimum atomic E-state index is -0.567. The molecule has 0 bridgehead atoms. The molecular formula is C17H28N2O. The molecule has 0 saturated carbocycles. The monoisotopic (exact) mass is 276 g/mol. The molecule has 1 fully saturated rings. The molecule has 3 heteroatoms. The topological polar surface area (TPSA) is 35.5 Å². The lowest BCUT2D eigenvalue weighted by atomic mass is 9.94. The maximum atomic E-state index is 10.3. The van der Waals surface area contributed by atoms with Gasteiger partial charge in [0.15, 0.2) is 0 Å². The lowest BCUT2D eigenvalue weighted by Crippen LogP contribution is -2.46. The number of piperidine rings is 1. The third kappa shape index (κ3) is 4.22. The highest BCUT2D eigenvalue weighted by atomic mass is 16.3. The van der Waals surface area contributed by atoms with Gasteiger partial charge in [0, 0.05) is 30.9 Å². The van der Waals surface area contributed by atoms with E-state index in [0.717, 1.165) is 32.5 Å². The Morgan fingerprint density at radius 2 is 2.00 bits per heavy atom. The Balaban J connectivity index is 2.15. The molecule has 1 atom stereocenters. The first-order valence-corrected chi connectivity index (χ1v) is 7.57. The molecule has 2 rings (SSSR count). The highest BCUT2D eigenvalue weighted by Gasteiger charge is 2.29. The Labute approximate surface area is 123 Å². The van der Waals surface area contributed by atoms with Crippen molar-refractivity contribution in [1.82, 2.24) is 5.32 Å². The van der Waals surface area contributed by atoms with Gasteiger partial charge >= 0.3 is 0 Å². The molecule has 1 aliphatic heterocycles. The number of nitrogens with one attached hydrogen (secondary N) is 1. The van der Waals surface area contributed by atoms with E-state index in [4.69, 9.17) is 0 Å². The van der Waals surface area contributed by atoms with Crippen molar-refractivity contribution in [1.29, 1.82) is 0 Å². The zero-order valence-electron chi connectivity index (χ0n) is 13.2. The first kappa shape index (κ1) is 15.3. The minimum Gasteiger partial charge on any atom is -0.388 e. The van der Waals surface area contributed by atoms with E-state index in [1.807, 2.05) is 6.92 Å².